The quantitative estimate of drug-likeness (QED) is 0.377. The Morgan fingerprint density at radius 1 is 1.26 bits per heavy atom. The van der Waals surface area contributed by atoms with E-state index in [1.807, 2.05) is 43.7 Å². The summed E-state index contributed by atoms with van der Waals surface area (Å²) >= 11 is 0. The standard InChI is InChI=1S/C26H27N7O2/c1-5-16(2)28-18-7-6-8-19(9-18)32-15-20(29-21-14-31(3)30-24(21)35-4)23-27-13-22(33(23)25(32)34)26-10-17(11-26)12-26/h5-9,13-15,17,28-29H,1-2,10-12H2,3-4H3. The first kappa shape index (κ1) is 21.3. The first-order chi connectivity index (χ1) is 16.9. The van der Waals surface area contributed by atoms with Crippen molar-refractivity contribution in [3.8, 4) is 11.6 Å². The van der Waals surface area contributed by atoms with E-state index in [2.05, 4.69) is 28.9 Å². The van der Waals surface area contributed by atoms with Crippen LogP contribution in [0, 0.1) is 5.92 Å². The van der Waals surface area contributed by atoms with Gasteiger partial charge in [-0.2, -0.15) is 0 Å². The zero-order chi connectivity index (χ0) is 24.3. The molecular weight excluding hydrogens is 442 g/mol. The number of ether oxygens (including phenoxy) is 1. The summed E-state index contributed by atoms with van der Waals surface area (Å²) in [6.07, 6.45) is 10.5. The lowest BCUT2D eigenvalue weighted by atomic mass is 9.43. The van der Waals surface area contributed by atoms with Crippen LogP contribution in [0.1, 0.15) is 25.0 Å². The van der Waals surface area contributed by atoms with E-state index in [0.717, 1.165) is 42.2 Å². The highest BCUT2D eigenvalue weighted by Crippen LogP contribution is 2.65. The summed E-state index contributed by atoms with van der Waals surface area (Å²) in [7, 11) is 3.41. The third-order valence-electron chi connectivity index (χ3n) is 7.17. The van der Waals surface area contributed by atoms with Crippen molar-refractivity contribution in [3.63, 3.8) is 0 Å². The maximum atomic E-state index is 13.9. The molecule has 35 heavy (non-hydrogen) atoms. The van der Waals surface area contributed by atoms with Crippen LogP contribution < -0.4 is 21.1 Å². The number of fused-ring (bicyclic) bond motifs is 1. The minimum Gasteiger partial charge on any atom is -0.478 e. The summed E-state index contributed by atoms with van der Waals surface area (Å²) in [5, 5.41) is 10.9. The van der Waals surface area contributed by atoms with Gasteiger partial charge in [0.05, 0.1) is 36.6 Å². The lowest BCUT2D eigenvalue weighted by molar-refractivity contribution is -0.0317. The summed E-state index contributed by atoms with van der Waals surface area (Å²) in [6.45, 7) is 7.66. The number of imidazole rings is 1. The Bertz CT molecular complexity index is 1540. The minimum atomic E-state index is -0.152. The van der Waals surface area contributed by atoms with Crippen LogP contribution in [0.3, 0.4) is 0 Å². The number of hydrogen-bond donors (Lipinski definition) is 2. The molecule has 0 amide bonds. The van der Waals surface area contributed by atoms with Gasteiger partial charge < -0.3 is 15.4 Å². The molecule has 0 aliphatic heterocycles. The van der Waals surface area contributed by atoms with Gasteiger partial charge in [-0.05, 0) is 49.5 Å². The number of anilines is 3. The molecule has 3 aliphatic carbocycles. The highest BCUT2D eigenvalue weighted by Gasteiger charge is 2.59. The zero-order valence-corrected chi connectivity index (χ0v) is 19.8. The zero-order valence-electron chi connectivity index (χ0n) is 19.8. The lowest BCUT2D eigenvalue weighted by Crippen LogP contribution is -2.56. The van der Waals surface area contributed by atoms with Gasteiger partial charge in [0.2, 0.25) is 0 Å². The summed E-state index contributed by atoms with van der Waals surface area (Å²) in [5.41, 5.74) is 5.08. The first-order valence-corrected chi connectivity index (χ1v) is 11.6. The van der Waals surface area contributed by atoms with Crippen molar-refractivity contribution in [2.75, 3.05) is 17.7 Å². The van der Waals surface area contributed by atoms with Gasteiger partial charge in [0.1, 0.15) is 5.69 Å². The Labute approximate surface area is 202 Å². The maximum absolute atomic E-state index is 13.9. The topological polar surface area (TPSA) is 90.4 Å². The van der Waals surface area contributed by atoms with Crippen LogP contribution in [-0.2, 0) is 12.5 Å². The van der Waals surface area contributed by atoms with Crippen LogP contribution in [0.2, 0.25) is 0 Å². The number of benzene rings is 1. The van der Waals surface area contributed by atoms with E-state index >= 15 is 0 Å². The third kappa shape index (κ3) is 3.26. The number of methoxy groups -OCH3 is 1. The molecule has 3 fully saturated rings. The molecule has 9 nitrogen and oxygen atoms in total. The second-order valence-corrected chi connectivity index (χ2v) is 9.51. The van der Waals surface area contributed by atoms with Gasteiger partial charge in [0, 0.05) is 30.0 Å². The van der Waals surface area contributed by atoms with Crippen LogP contribution in [0.4, 0.5) is 17.1 Å². The van der Waals surface area contributed by atoms with Crippen molar-refractivity contribution < 1.29 is 4.74 Å². The molecule has 0 spiro atoms. The summed E-state index contributed by atoms with van der Waals surface area (Å²) in [6, 6.07) is 7.64. The highest BCUT2D eigenvalue weighted by atomic mass is 16.5. The van der Waals surface area contributed by atoms with Gasteiger partial charge in [-0.15, -0.1) is 5.10 Å². The molecule has 2 bridgehead atoms. The smallest absolute Gasteiger partial charge is 0.338 e. The molecule has 3 aromatic heterocycles. The molecule has 3 saturated carbocycles. The average Bonchev–Trinajstić information content (AvgIpc) is 3.37. The number of hydrogen-bond acceptors (Lipinski definition) is 6. The van der Waals surface area contributed by atoms with Crippen molar-refractivity contribution >= 4 is 22.7 Å². The monoisotopic (exact) mass is 469 g/mol. The maximum Gasteiger partial charge on any atom is 0.338 e. The molecule has 3 aliphatic rings. The molecule has 1 aromatic carbocycles. The summed E-state index contributed by atoms with van der Waals surface area (Å²) in [5.74, 6) is 1.24. The van der Waals surface area contributed by atoms with Gasteiger partial charge in [0.15, 0.2) is 5.65 Å². The van der Waals surface area contributed by atoms with E-state index in [0.29, 0.717) is 28.6 Å². The minimum absolute atomic E-state index is 0.0663. The SMILES string of the molecule is C=CC(=C)Nc1cccc(-n2cc(Nc3cn(C)nc3OC)c3ncc(C45CC(C4)C5)n3c2=O)c1. The Hall–Kier alpha value is -4.27. The van der Waals surface area contributed by atoms with Crippen LogP contribution in [0.25, 0.3) is 11.3 Å². The van der Waals surface area contributed by atoms with E-state index < -0.39 is 0 Å². The normalized spacial score (nSPS) is 20.1. The van der Waals surface area contributed by atoms with Crippen molar-refractivity contribution in [1.29, 1.82) is 0 Å². The average molecular weight is 470 g/mol. The van der Waals surface area contributed by atoms with Gasteiger partial charge in [-0.25, -0.2) is 14.2 Å². The van der Waals surface area contributed by atoms with E-state index in [-0.39, 0.29) is 11.1 Å². The fourth-order valence-electron chi connectivity index (χ4n) is 5.34. The van der Waals surface area contributed by atoms with E-state index in [9.17, 15) is 4.79 Å². The molecule has 0 saturated heterocycles. The van der Waals surface area contributed by atoms with E-state index in [4.69, 9.17) is 9.72 Å². The van der Waals surface area contributed by atoms with Crippen molar-refractivity contribution in [2.45, 2.75) is 24.7 Å². The fourth-order valence-corrected chi connectivity index (χ4v) is 5.34. The molecule has 178 valence electrons. The number of aryl methyl sites for hydroxylation is 1. The van der Waals surface area contributed by atoms with Crippen LogP contribution in [0.5, 0.6) is 5.88 Å². The predicted molar refractivity (Wildman–Crippen MR) is 136 cm³/mol. The van der Waals surface area contributed by atoms with E-state index in [1.165, 1.54) is 0 Å². The van der Waals surface area contributed by atoms with Crippen LogP contribution in [-0.4, -0.2) is 30.8 Å². The molecular formula is C26H27N7O2. The molecule has 3 heterocycles. The van der Waals surface area contributed by atoms with Crippen molar-refractivity contribution in [3.05, 3.63) is 84.0 Å². The Balaban J connectivity index is 1.53. The molecule has 9 heteroatoms. The number of aromatic nitrogens is 5. The number of nitrogens with zero attached hydrogens (tertiary/aromatic N) is 5. The second-order valence-electron chi connectivity index (χ2n) is 9.51. The molecule has 0 unspecified atom stereocenters. The second kappa shape index (κ2) is 7.63. The van der Waals surface area contributed by atoms with Gasteiger partial charge in [-0.1, -0.05) is 19.2 Å². The summed E-state index contributed by atoms with van der Waals surface area (Å²) in [4.78, 5) is 18.6. The third-order valence-corrected chi connectivity index (χ3v) is 7.17. The van der Waals surface area contributed by atoms with Crippen molar-refractivity contribution in [2.24, 2.45) is 13.0 Å². The molecule has 2 N–H and O–H groups in total. The van der Waals surface area contributed by atoms with E-state index in [1.54, 1.807) is 33.0 Å². The Morgan fingerprint density at radius 2 is 2.06 bits per heavy atom. The first-order valence-electron chi connectivity index (χ1n) is 11.6. The lowest BCUT2D eigenvalue weighted by Gasteiger charge is -2.61. The number of nitrogens with one attached hydrogen (secondary N) is 2. The van der Waals surface area contributed by atoms with Gasteiger partial charge >= 0.3 is 5.69 Å². The number of rotatable bonds is 8. The van der Waals surface area contributed by atoms with Gasteiger partial charge in [0.25, 0.3) is 5.88 Å². The van der Waals surface area contributed by atoms with Crippen LogP contribution >= 0.6 is 0 Å². The molecule has 7 rings (SSSR count). The van der Waals surface area contributed by atoms with Gasteiger partial charge in [-0.3, -0.25) is 9.25 Å². The molecule has 4 aromatic rings. The van der Waals surface area contributed by atoms with Crippen LogP contribution in [0.15, 0.2) is 72.6 Å². The summed E-state index contributed by atoms with van der Waals surface area (Å²) < 4.78 is 10.5. The predicted octanol–water partition coefficient (Wildman–Crippen LogP) is 4.13. The highest BCUT2D eigenvalue weighted by molar-refractivity contribution is 5.75. The Morgan fingerprint density at radius 3 is 2.74 bits per heavy atom. The molecule has 0 radical (unpaired) electrons. The number of allylic oxidation sites excluding steroid dienone is 1. The largest absolute Gasteiger partial charge is 0.478 e. The molecule has 0 atom stereocenters. The van der Waals surface area contributed by atoms with Crippen molar-refractivity contribution in [1.82, 2.24) is 23.7 Å². The Kier molecular flexibility index (Phi) is 4.64. The fraction of sp³-hybridized carbons (Fsp3) is 0.269.